The van der Waals surface area contributed by atoms with Gasteiger partial charge < -0.3 is 14.6 Å². The molecule has 1 amide bonds. The van der Waals surface area contributed by atoms with Gasteiger partial charge in [-0.15, -0.1) is 0 Å². The zero-order chi connectivity index (χ0) is 17.5. The molecular weight excluding hydrogens is 340 g/mol. The number of benzene rings is 2. The van der Waals surface area contributed by atoms with E-state index in [1.807, 2.05) is 54.6 Å². The maximum absolute atomic E-state index is 12.1. The lowest BCUT2D eigenvalue weighted by molar-refractivity contribution is 0.0917. The van der Waals surface area contributed by atoms with Crippen molar-refractivity contribution in [3.63, 3.8) is 0 Å². The standard InChI is InChI=1S/C19H17ClN2O3/c20-16-8-6-14(7-9-16)10-11-21-19(23)17-12-18(22-25-17)24-13-15-4-2-1-3-5-15/h1-9,12H,10-11,13H2,(H,21,23). The van der Waals surface area contributed by atoms with E-state index in [0.717, 1.165) is 11.1 Å². The van der Waals surface area contributed by atoms with E-state index in [1.165, 1.54) is 6.07 Å². The van der Waals surface area contributed by atoms with Crippen LogP contribution >= 0.6 is 11.6 Å². The second-order valence-corrected chi connectivity index (χ2v) is 5.87. The van der Waals surface area contributed by atoms with Crippen molar-refractivity contribution in [2.24, 2.45) is 0 Å². The fraction of sp³-hybridized carbons (Fsp3) is 0.158. The van der Waals surface area contributed by atoms with E-state index in [1.54, 1.807) is 0 Å². The van der Waals surface area contributed by atoms with Gasteiger partial charge in [0, 0.05) is 11.6 Å². The van der Waals surface area contributed by atoms with Crippen molar-refractivity contribution in [2.45, 2.75) is 13.0 Å². The molecule has 0 bridgehead atoms. The molecule has 0 aliphatic carbocycles. The molecule has 1 heterocycles. The first-order chi connectivity index (χ1) is 12.2. The molecule has 0 fully saturated rings. The minimum absolute atomic E-state index is 0.124. The predicted octanol–water partition coefficient (Wildman–Crippen LogP) is 3.88. The van der Waals surface area contributed by atoms with Crippen LogP contribution in [0.25, 0.3) is 0 Å². The molecule has 25 heavy (non-hydrogen) atoms. The van der Waals surface area contributed by atoms with E-state index >= 15 is 0 Å². The molecule has 3 rings (SSSR count). The van der Waals surface area contributed by atoms with Gasteiger partial charge in [0.25, 0.3) is 11.8 Å². The summed E-state index contributed by atoms with van der Waals surface area (Å²) >= 11 is 5.84. The number of halogens is 1. The molecule has 1 N–H and O–H groups in total. The Morgan fingerprint density at radius 2 is 1.84 bits per heavy atom. The first-order valence-corrected chi connectivity index (χ1v) is 8.24. The number of nitrogens with zero attached hydrogens (tertiary/aromatic N) is 1. The fourth-order valence-electron chi connectivity index (χ4n) is 2.22. The van der Waals surface area contributed by atoms with Crippen molar-refractivity contribution in [1.29, 1.82) is 0 Å². The van der Waals surface area contributed by atoms with E-state index in [-0.39, 0.29) is 17.5 Å². The third kappa shape index (κ3) is 5.09. The molecule has 3 aromatic rings. The third-order valence-corrected chi connectivity index (χ3v) is 3.81. The van der Waals surface area contributed by atoms with Gasteiger partial charge in [0.2, 0.25) is 5.76 Å². The van der Waals surface area contributed by atoms with Gasteiger partial charge in [0.1, 0.15) is 6.61 Å². The second-order valence-electron chi connectivity index (χ2n) is 5.44. The average Bonchev–Trinajstić information content (AvgIpc) is 3.12. The molecule has 0 saturated heterocycles. The monoisotopic (exact) mass is 356 g/mol. The van der Waals surface area contributed by atoms with Crippen molar-refractivity contribution >= 4 is 17.5 Å². The van der Waals surface area contributed by atoms with Crippen molar-refractivity contribution in [2.75, 3.05) is 6.54 Å². The maximum atomic E-state index is 12.1. The van der Waals surface area contributed by atoms with Gasteiger partial charge in [-0.2, -0.15) is 0 Å². The lowest BCUT2D eigenvalue weighted by atomic mass is 10.1. The summed E-state index contributed by atoms with van der Waals surface area (Å²) in [5.41, 5.74) is 2.11. The minimum Gasteiger partial charge on any atom is -0.471 e. The predicted molar refractivity (Wildman–Crippen MR) is 94.8 cm³/mol. The highest BCUT2D eigenvalue weighted by Crippen LogP contribution is 2.14. The van der Waals surface area contributed by atoms with E-state index in [9.17, 15) is 4.79 Å². The molecule has 2 aromatic carbocycles. The molecule has 5 nitrogen and oxygen atoms in total. The molecule has 6 heteroatoms. The largest absolute Gasteiger partial charge is 0.471 e. The normalized spacial score (nSPS) is 10.4. The van der Waals surface area contributed by atoms with Gasteiger partial charge in [0.05, 0.1) is 6.07 Å². The van der Waals surface area contributed by atoms with Gasteiger partial charge in [-0.3, -0.25) is 4.79 Å². The van der Waals surface area contributed by atoms with Crippen LogP contribution in [-0.4, -0.2) is 17.6 Å². The first-order valence-electron chi connectivity index (χ1n) is 7.87. The van der Waals surface area contributed by atoms with Crippen LogP contribution in [0.1, 0.15) is 21.7 Å². The van der Waals surface area contributed by atoms with Crippen LogP contribution in [0.15, 0.2) is 65.2 Å². The van der Waals surface area contributed by atoms with Gasteiger partial charge in [-0.25, -0.2) is 0 Å². The highest BCUT2D eigenvalue weighted by molar-refractivity contribution is 6.30. The number of rotatable bonds is 7. The zero-order valence-electron chi connectivity index (χ0n) is 13.4. The smallest absolute Gasteiger partial charge is 0.290 e. The number of amides is 1. The first kappa shape index (κ1) is 17.0. The minimum atomic E-state index is -0.323. The topological polar surface area (TPSA) is 64.4 Å². The SMILES string of the molecule is O=C(NCCc1ccc(Cl)cc1)c1cc(OCc2ccccc2)no1. The number of nitrogens with one attached hydrogen (secondary N) is 1. The Hall–Kier alpha value is -2.79. The van der Waals surface area contributed by atoms with Gasteiger partial charge >= 0.3 is 0 Å². The molecule has 0 aliphatic heterocycles. The van der Waals surface area contributed by atoms with Gasteiger partial charge in [0.15, 0.2) is 0 Å². The van der Waals surface area contributed by atoms with Crippen LogP contribution in [0.4, 0.5) is 0 Å². The molecule has 0 aliphatic rings. The highest BCUT2D eigenvalue weighted by Gasteiger charge is 2.13. The summed E-state index contributed by atoms with van der Waals surface area (Å²) in [5.74, 6) is 0.0851. The van der Waals surface area contributed by atoms with Gasteiger partial charge in [-0.05, 0) is 34.8 Å². The van der Waals surface area contributed by atoms with E-state index < -0.39 is 0 Å². The molecule has 128 valence electrons. The summed E-state index contributed by atoms with van der Waals surface area (Å²) in [6.07, 6.45) is 0.703. The van der Waals surface area contributed by atoms with Crippen LogP contribution in [0, 0.1) is 0 Å². The maximum Gasteiger partial charge on any atom is 0.290 e. The number of aromatic nitrogens is 1. The molecule has 0 radical (unpaired) electrons. The van der Waals surface area contributed by atoms with Crippen molar-refractivity contribution < 1.29 is 14.1 Å². The Labute approximate surface area is 150 Å². The van der Waals surface area contributed by atoms with Crippen LogP contribution in [0.5, 0.6) is 5.88 Å². The Kier molecular flexibility index (Phi) is 5.69. The van der Waals surface area contributed by atoms with Crippen molar-refractivity contribution in [1.82, 2.24) is 10.5 Å². The van der Waals surface area contributed by atoms with Crippen molar-refractivity contribution in [3.05, 3.63) is 82.6 Å². The molecule has 1 aromatic heterocycles. The van der Waals surface area contributed by atoms with E-state index in [4.69, 9.17) is 20.9 Å². The van der Waals surface area contributed by atoms with Gasteiger partial charge in [-0.1, -0.05) is 54.1 Å². The average molecular weight is 357 g/mol. The quantitative estimate of drug-likeness (QED) is 0.697. The zero-order valence-corrected chi connectivity index (χ0v) is 14.2. The van der Waals surface area contributed by atoms with Crippen LogP contribution < -0.4 is 10.1 Å². The summed E-state index contributed by atoms with van der Waals surface area (Å²) in [6.45, 7) is 0.854. The molecule has 0 unspecified atom stereocenters. The Morgan fingerprint density at radius 1 is 1.08 bits per heavy atom. The molecule has 0 saturated carbocycles. The fourth-order valence-corrected chi connectivity index (χ4v) is 2.35. The summed E-state index contributed by atoms with van der Waals surface area (Å²) in [4.78, 5) is 12.1. The molecule has 0 atom stereocenters. The second kappa shape index (κ2) is 8.35. The Bertz CT molecular complexity index is 816. The van der Waals surface area contributed by atoms with E-state index in [2.05, 4.69) is 10.5 Å². The lowest BCUT2D eigenvalue weighted by Crippen LogP contribution is -2.25. The number of hydrogen-bond acceptors (Lipinski definition) is 4. The molecular formula is C19H17ClN2O3. The van der Waals surface area contributed by atoms with Crippen molar-refractivity contribution in [3.8, 4) is 5.88 Å². The van der Waals surface area contributed by atoms with E-state index in [0.29, 0.717) is 24.6 Å². The third-order valence-electron chi connectivity index (χ3n) is 3.55. The van der Waals surface area contributed by atoms with Crippen LogP contribution in [0.2, 0.25) is 5.02 Å². The summed E-state index contributed by atoms with van der Waals surface area (Å²) in [6, 6.07) is 18.7. The summed E-state index contributed by atoms with van der Waals surface area (Å²) in [5, 5.41) is 7.24. The number of carbonyl (C=O) groups excluding carboxylic acids is 1. The number of ether oxygens (including phenoxy) is 1. The number of hydrogen-bond donors (Lipinski definition) is 1. The lowest BCUT2D eigenvalue weighted by Gasteiger charge is -2.03. The summed E-state index contributed by atoms with van der Waals surface area (Å²) in [7, 11) is 0. The Morgan fingerprint density at radius 3 is 2.60 bits per heavy atom. The number of carbonyl (C=O) groups is 1. The highest BCUT2D eigenvalue weighted by atomic mass is 35.5. The van der Waals surface area contributed by atoms with Crippen LogP contribution in [-0.2, 0) is 13.0 Å². The summed E-state index contributed by atoms with van der Waals surface area (Å²) < 4.78 is 10.5. The molecule has 0 spiro atoms. The van der Waals surface area contributed by atoms with Crippen LogP contribution in [0.3, 0.4) is 0 Å². The Balaban J connectivity index is 1.46.